The Kier molecular flexibility index (Phi) is 6.59. The molecular weight excluding hydrogens is 446 g/mol. The van der Waals surface area contributed by atoms with E-state index in [1.165, 1.54) is 0 Å². The fraction of sp³-hybridized carbons (Fsp3) is 0.654. The average molecular weight is 484 g/mol. The van der Waals surface area contributed by atoms with E-state index in [1.807, 2.05) is 24.3 Å². The summed E-state index contributed by atoms with van der Waals surface area (Å²) in [6, 6.07) is 7.17. The van der Waals surface area contributed by atoms with Gasteiger partial charge in [0, 0.05) is 50.0 Å². The molecule has 2 amide bonds. The van der Waals surface area contributed by atoms with Gasteiger partial charge >= 0.3 is 0 Å². The Morgan fingerprint density at radius 3 is 2.37 bits per heavy atom. The van der Waals surface area contributed by atoms with E-state index in [4.69, 9.17) is 10.5 Å². The Hall–Kier alpha value is -2.49. The number of likely N-dealkylation sites (tertiary alicyclic amines) is 1. The van der Waals surface area contributed by atoms with E-state index in [-0.39, 0.29) is 36.8 Å². The number of rotatable bonds is 5. The molecule has 3 N–H and O–H groups in total. The molecule has 4 aliphatic rings. The maximum absolute atomic E-state index is 13.7. The minimum Gasteiger partial charge on any atom is -0.369 e. The highest BCUT2D eigenvalue weighted by Crippen LogP contribution is 2.36. The number of hydrogen-bond donors (Lipinski definition) is 2. The minimum absolute atomic E-state index is 0.00889. The molecule has 1 saturated carbocycles. The fourth-order valence-electron chi connectivity index (χ4n) is 6.16. The number of nitrogens with zero attached hydrogens (tertiary/aromatic N) is 3. The van der Waals surface area contributed by atoms with Gasteiger partial charge in [-0.15, -0.1) is 0 Å². The summed E-state index contributed by atoms with van der Waals surface area (Å²) < 4.78 is 5.54. The van der Waals surface area contributed by atoms with Crippen LogP contribution < -0.4 is 16.0 Å². The van der Waals surface area contributed by atoms with Gasteiger partial charge in [0.25, 0.3) is 5.91 Å². The van der Waals surface area contributed by atoms with E-state index in [0.717, 1.165) is 44.7 Å². The second-order valence-electron chi connectivity index (χ2n) is 10.7. The van der Waals surface area contributed by atoms with E-state index in [9.17, 15) is 14.4 Å². The van der Waals surface area contributed by atoms with Crippen molar-refractivity contribution in [1.82, 2.24) is 15.1 Å². The lowest BCUT2D eigenvalue weighted by molar-refractivity contribution is -0.142. The highest BCUT2D eigenvalue weighted by molar-refractivity contribution is 6.01. The number of piperazine rings is 1. The molecule has 9 heteroatoms. The summed E-state index contributed by atoms with van der Waals surface area (Å²) in [4.78, 5) is 45.8. The van der Waals surface area contributed by atoms with Crippen LogP contribution in [0, 0.1) is 0 Å². The molecule has 3 saturated heterocycles. The van der Waals surface area contributed by atoms with Crippen molar-refractivity contribution in [3.63, 3.8) is 0 Å². The number of nitrogens with two attached hydrogens (primary N) is 1. The third kappa shape index (κ3) is 4.45. The summed E-state index contributed by atoms with van der Waals surface area (Å²) in [7, 11) is 0. The number of ether oxygens (including phenoxy) is 1. The first-order valence-electron chi connectivity index (χ1n) is 12.9. The van der Waals surface area contributed by atoms with Gasteiger partial charge in [0.2, 0.25) is 5.91 Å². The first-order valence-corrected chi connectivity index (χ1v) is 12.9. The van der Waals surface area contributed by atoms with Crippen LogP contribution in [0.25, 0.3) is 0 Å². The topological polar surface area (TPSA) is 108 Å². The van der Waals surface area contributed by atoms with Crippen molar-refractivity contribution in [2.45, 2.75) is 69.3 Å². The second-order valence-corrected chi connectivity index (χ2v) is 10.7. The normalized spacial score (nSPS) is 28.6. The minimum atomic E-state index is -1.000. The fourth-order valence-corrected chi connectivity index (χ4v) is 6.16. The van der Waals surface area contributed by atoms with E-state index in [1.54, 1.807) is 4.90 Å². The quantitative estimate of drug-likeness (QED) is 0.637. The molecular formula is C26H37N5O4. The van der Waals surface area contributed by atoms with Crippen LogP contribution in [0.2, 0.25) is 0 Å². The number of amides is 2. The predicted octanol–water partition coefficient (Wildman–Crippen LogP) is 0.766. The van der Waals surface area contributed by atoms with Crippen molar-refractivity contribution in [3.05, 3.63) is 29.8 Å². The molecule has 4 fully saturated rings. The van der Waals surface area contributed by atoms with Gasteiger partial charge in [-0.05, 0) is 51.0 Å². The van der Waals surface area contributed by atoms with Crippen molar-refractivity contribution >= 4 is 23.3 Å². The Balaban J connectivity index is 1.27. The Labute approximate surface area is 206 Å². The van der Waals surface area contributed by atoms with Crippen molar-refractivity contribution in [1.29, 1.82) is 0 Å². The number of fused-ring (bicyclic) bond motifs is 1. The van der Waals surface area contributed by atoms with Crippen LogP contribution in [-0.2, 0) is 14.3 Å². The molecule has 1 aromatic rings. The summed E-state index contributed by atoms with van der Waals surface area (Å²) in [5, 5.41) is 3.07. The lowest BCUT2D eigenvalue weighted by Gasteiger charge is -2.38. The second kappa shape index (κ2) is 9.52. The van der Waals surface area contributed by atoms with Gasteiger partial charge < -0.3 is 25.6 Å². The molecule has 5 rings (SSSR count). The Morgan fingerprint density at radius 1 is 1.09 bits per heavy atom. The molecule has 0 spiro atoms. The number of benzene rings is 1. The zero-order chi connectivity index (χ0) is 24.7. The molecule has 0 bridgehead atoms. The zero-order valence-electron chi connectivity index (χ0n) is 20.7. The van der Waals surface area contributed by atoms with Gasteiger partial charge in [-0.2, -0.15) is 0 Å². The summed E-state index contributed by atoms with van der Waals surface area (Å²) in [6.45, 7) is 8.69. The highest BCUT2D eigenvalue weighted by Gasteiger charge is 2.55. The SMILES string of the molecule is CC(C)N1CCN(c2ccc(C(=O)NC3(C(=O)N4C[C@@H](N)[C@H]5OCC(=O)[C@H]54)CCCC3)cc2)CC1. The first kappa shape index (κ1) is 24.2. The summed E-state index contributed by atoms with van der Waals surface area (Å²) in [6.07, 6.45) is 2.38. The molecule has 190 valence electrons. The van der Waals surface area contributed by atoms with E-state index in [0.29, 0.717) is 24.4 Å². The van der Waals surface area contributed by atoms with Crippen molar-refractivity contribution in [2.24, 2.45) is 5.73 Å². The van der Waals surface area contributed by atoms with Gasteiger partial charge in [0.05, 0.1) is 6.04 Å². The van der Waals surface area contributed by atoms with Gasteiger partial charge in [-0.1, -0.05) is 12.8 Å². The highest BCUT2D eigenvalue weighted by atomic mass is 16.5. The van der Waals surface area contributed by atoms with Crippen LogP contribution >= 0.6 is 0 Å². The van der Waals surface area contributed by atoms with Gasteiger partial charge in [-0.3, -0.25) is 19.3 Å². The number of nitrogens with one attached hydrogen (secondary N) is 1. The van der Waals surface area contributed by atoms with Gasteiger partial charge in [0.1, 0.15) is 24.3 Å². The molecule has 3 atom stereocenters. The van der Waals surface area contributed by atoms with E-state index in [2.05, 4.69) is 29.0 Å². The number of ketones is 1. The smallest absolute Gasteiger partial charge is 0.252 e. The number of hydrogen-bond acceptors (Lipinski definition) is 7. The predicted molar refractivity (Wildman–Crippen MR) is 132 cm³/mol. The largest absolute Gasteiger partial charge is 0.369 e. The van der Waals surface area contributed by atoms with Crippen molar-refractivity contribution < 1.29 is 19.1 Å². The van der Waals surface area contributed by atoms with Crippen LogP contribution in [-0.4, -0.2) is 96.5 Å². The third-order valence-electron chi connectivity index (χ3n) is 8.24. The number of Topliss-reactive ketones (excluding diaryl/α,β-unsaturated/α-hetero) is 1. The van der Waals surface area contributed by atoms with Crippen molar-refractivity contribution in [2.75, 3.05) is 44.2 Å². The first-order chi connectivity index (χ1) is 16.8. The van der Waals surface area contributed by atoms with E-state index < -0.39 is 17.7 Å². The third-order valence-corrected chi connectivity index (χ3v) is 8.24. The number of carbonyl (C=O) groups excluding carboxylic acids is 3. The molecule has 0 aromatic heterocycles. The van der Waals surface area contributed by atoms with Crippen LogP contribution in [0.4, 0.5) is 5.69 Å². The molecule has 3 aliphatic heterocycles. The monoisotopic (exact) mass is 483 g/mol. The maximum atomic E-state index is 13.7. The molecule has 9 nitrogen and oxygen atoms in total. The van der Waals surface area contributed by atoms with Crippen LogP contribution in [0.3, 0.4) is 0 Å². The lowest BCUT2D eigenvalue weighted by atomic mass is 9.93. The Morgan fingerprint density at radius 2 is 1.74 bits per heavy atom. The molecule has 1 aliphatic carbocycles. The lowest BCUT2D eigenvalue weighted by Crippen LogP contribution is -2.60. The summed E-state index contributed by atoms with van der Waals surface area (Å²) in [5.74, 6) is -0.573. The molecule has 1 aromatic carbocycles. The van der Waals surface area contributed by atoms with Gasteiger partial charge in [-0.25, -0.2) is 0 Å². The summed E-state index contributed by atoms with van der Waals surface area (Å²) in [5.41, 5.74) is 6.82. The van der Waals surface area contributed by atoms with Crippen LogP contribution in [0.1, 0.15) is 49.9 Å². The van der Waals surface area contributed by atoms with Crippen LogP contribution in [0.5, 0.6) is 0 Å². The summed E-state index contributed by atoms with van der Waals surface area (Å²) >= 11 is 0. The molecule has 35 heavy (non-hydrogen) atoms. The Bertz CT molecular complexity index is 966. The number of anilines is 1. The standard InChI is InChI=1S/C26H37N5O4/c1-17(2)29-11-13-30(14-12-29)19-7-5-18(6-8-19)24(33)28-26(9-3-4-10-26)25(34)31-15-20(27)23-22(31)21(32)16-35-23/h5-8,17,20,22-23H,3-4,9-16,27H2,1-2H3,(H,28,33)/t20-,22-,23-/m1/s1. The van der Waals surface area contributed by atoms with Crippen molar-refractivity contribution in [3.8, 4) is 0 Å². The molecule has 0 unspecified atom stereocenters. The van der Waals surface area contributed by atoms with E-state index >= 15 is 0 Å². The molecule has 3 heterocycles. The molecule has 0 radical (unpaired) electrons. The number of carbonyl (C=O) groups is 3. The average Bonchev–Trinajstić information content (AvgIpc) is 3.57. The van der Waals surface area contributed by atoms with Gasteiger partial charge in [0.15, 0.2) is 5.78 Å². The zero-order valence-corrected chi connectivity index (χ0v) is 20.7. The maximum Gasteiger partial charge on any atom is 0.252 e. The van der Waals surface area contributed by atoms with Crippen LogP contribution in [0.15, 0.2) is 24.3 Å².